The zero-order valence-electron chi connectivity index (χ0n) is 9.68. The molecule has 0 amide bonds. The van der Waals surface area contributed by atoms with E-state index in [1.165, 1.54) is 0 Å². The normalized spacial score (nSPS) is 10.8. The Morgan fingerprint density at radius 2 is 2.24 bits per heavy atom. The second kappa shape index (κ2) is 5.19. The van der Waals surface area contributed by atoms with Crippen molar-refractivity contribution in [2.24, 2.45) is 0 Å². The van der Waals surface area contributed by atoms with Gasteiger partial charge in [-0.25, -0.2) is 0 Å². The van der Waals surface area contributed by atoms with E-state index in [0.717, 1.165) is 0 Å². The van der Waals surface area contributed by atoms with Crippen LogP contribution in [0.5, 0.6) is 5.75 Å². The molecule has 0 saturated heterocycles. The van der Waals surface area contributed by atoms with Crippen LogP contribution >= 0.6 is 11.6 Å². The van der Waals surface area contributed by atoms with Gasteiger partial charge in [0.2, 0.25) is 0 Å². The Kier molecular flexibility index (Phi) is 3.64. The third-order valence-electron chi connectivity index (χ3n) is 2.16. The molecule has 0 bridgehead atoms. The van der Waals surface area contributed by atoms with E-state index in [0.29, 0.717) is 22.5 Å². The molecule has 0 atom stereocenters. The Morgan fingerprint density at radius 1 is 1.41 bits per heavy atom. The van der Waals surface area contributed by atoms with Gasteiger partial charge in [-0.1, -0.05) is 36.7 Å². The molecule has 1 aromatic heterocycles. The van der Waals surface area contributed by atoms with Crippen molar-refractivity contribution >= 4 is 11.6 Å². The van der Waals surface area contributed by atoms with Crippen molar-refractivity contribution in [3.05, 3.63) is 41.0 Å². The number of rotatable bonds is 4. The Morgan fingerprint density at radius 3 is 2.88 bits per heavy atom. The van der Waals surface area contributed by atoms with E-state index >= 15 is 0 Å². The first kappa shape index (κ1) is 11.9. The van der Waals surface area contributed by atoms with E-state index in [9.17, 15) is 0 Å². The van der Waals surface area contributed by atoms with Gasteiger partial charge in [0.25, 0.3) is 5.89 Å². The molecule has 2 aromatic rings. The molecule has 17 heavy (non-hydrogen) atoms. The van der Waals surface area contributed by atoms with Crippen LogP contribution in [0.25, 0.3) is 0 Å². The highest BCUT2D eigenvalue weighted by Gasteiger charge is 2.09. The van der Waals surface area contributed by atoms with Crippen molar-refractivity contribution in [3.63, 3.8) is 0 Å². The monoisotopic (exact) mass is 252 g/mol. The van der Waals surface area contributed by atoms with E-state index in [1.54, 1.807) is 12.1 Å². The summed E-state index contributed by atoms with van der Waals surface area (Å²) in [6.07, 6.45) is 0. The van der Waals surface area contributed by atoms with Crippen molar-refractivity contribution in [1.29, 1.82) is 0 Å². The predicted molar refractivity (Wildman–Crippen MR) is 64.2 cm³/mol. The molecule has 4 nitrogen and oxygen atoms in total. The van der Waals surface area contributed by atoms with Crippen LogP contribution in [0.15, 0.2) is 28.8 Å². The highest BCUT2D eigenvalue weighted by molar-refractivity contribution is 6.30. The van der Waals surface area contributed by atoms with E-state index in [1.807, 2.05) is 26.0 Å². The van der Waals surface area contributed by atoms with Gasteiger partial charge >= 0.3 is 0 Å². The molecule has 0 saturated carbocycles. The fourth-order valence-corrected chi connectivity index (χ4v) is 1.44. The minimum atomic E-state index is 0.249. The zero-order valence-corrected chi connectivity index (χ0v) is 10.4. The summed E-state index contributed by atoms with van der Waals surface area (Å²) >= 11 is 5.84. The largest absolute Gasteiger partial charge is 0.484 e. The number of aromatic nitrogens is 2. The summed E-state index contributed by atoms with van der Waals surface area (Å²) in [4.78, 5) is 4.21. The molecule has 0 aliphatic rings. The summed E-state index contributed by atoms with van der Waals surface area (Å²) in [6.45, 7) is 4.26. The van der Waals surface area contributed by atoms with E-state index in [-0.39, 0.29) is 12.5 Å². The number of ether oxygens (including phenoxy) is 1. The summed E-state index contributed by atoms with van der Waals surface area (Å²) in [6, 6.07) is 7.18. The molecule has 0 unspecified atom stereocenters. The third kappa shape index (κ3) is 3.20. The van der Waals surface area contributed by atoms with Crippen LogP contribution < -0.4 is 4.74 Å². The molecule has 90 valence electrons. The molecule has 1 aromatic carbocycles. The lowest BCUT2D eigenvalue weighted by atomic mass is 10.2. The van der Waals surface area contributed by atoms with Crippen LogP contribution in [-0.2, 0) is 6.61 Å². The van der Waals surface area contributed by atoms with Gasteiger partial charge in [-0.05, 0) is 18.2 Å². The maximum atomic E-state index is 5.84. The molecule has 0 aliphatic carbocycles. The van der Waals surface area contributed by atoms with Gasteiger partial charge in [0.1, 0.15) is 5.75 Å². The van der Waals surface area contributed by atoms with Gasteiger partial charge in [-0.2, -0.15) is 4.98 Å². The van der Waals surface area contributed by atoms with Gasteiger partial charge in [0.15, 0.2) is 12.4 Å². The Labute approximate surface area is 105 Å². The minimum Gasteiger partial charge on any atom is -0.484 e. The van der Waals surface area contributed by atoms with Crippen LogP contribution in [0.1, 0.15) is 31.5 Å². The molecule has 0 aliphatic heterocycles. The topological polar surface area (TPSA) is 48.2 Å². The minimum absolute atomic E-state index is 0.249. The van der Waals surface area contributed by atoms with Crippen LogP contribution in [-0.4, -0.2) is 10.1 Å². The summed E-state index contributed by atoms with van der Waals surface area (Å²) < 4.78 is 10.5. The highest BCUT2D eigenvalue weighted by Crippen LogP contribution is 2.18. The molecule has 0 spiro atoms. The van der Waals surface area contributed by atoms with Gasteiger partial charge in [-0.15, -0.1) is 0 Å². The lowest BCUT2D eigenvalue weighted by Crippen LogP contribution is -1.96. The van der Waals surface area contributed by atoms with Gasteiger partial charge in [0.05, 0.1) is 0 Å². The standard InChI is InChI=1S/C12H13ClN2O2/c1-8(2)12-14-11(17-15-12)7-16-10-5-3-4-9(13)6-10/h3-6,8H,7H2,1-2H3. The van der Waals surface area contributed by atoms with Crippen LogP contribution in [0.2, 0.25) is 5.02 Å². The van der Waals surface area contributed by atoms with Crippen molar-refractivity contribution in [1.82, 2.24) is 10.1 Å². The maximum absolute atomic E-state index is 5.84. The number of hydrogen-bond donors (Lipinski definition) is 0. The molecular formula is C12H13ClN2O2. The quantitative estimate of drug-likeness (QED) is 0.837. The molecule has 2 rings (SSSR count). The predicted octanol–water partition coefficient (Wildman–Crippen LogP) is 3.43. The van der Waals surface area contributed by atoms with Gasteiger partial charge < -0.3 is 9.26 Å². The highest BCUT2D eigenvalue weighted by atomic mass is 35.5. The van der Waals surface area contributed by atoms with E-state index in [4.69, 9.17) is 20.9 Å². The zero-order chi connectivity index (χ0) is 12.3. The average Bonchev–Trinajstić information content (AvgIpc) is 2.75. The van der Waals surface area contributed by atoms with Gasteiger partial charge in [0, 0.05) is 10.9 Å². The number of hydrogen-bond acceptors (Lipinski definition) is 4. The Bertz CT molecular complexity index is 497. The molecule has 0 fully saturated rings. The number of halogens is 1. The van der Waals surface area contributed by atoms with Gasteiger partial charge in [-0.3, -0.25) is 0 Å². The summed E-state index contributed by atoms with van der Waals surface area (Å²) in [5.74, 6) is 2.09. The lowest BCUT2D eigenvalue weighted by Gasteiger charge is -2.02. The first-order valence-electron chi connectivity index (χ1n) is 5.36. The molecule has 1 heterocycles. The van der Waals surface area contributed by atoms with E-state index < -0.39 is 0 Å². The Balaban J connectivity index is 1.97. The maximum Gasteiger partial charge on any atom is 0.264 e. The second-order valence-electron chi connectivity index (χ2n) is 3.95. The summed E-state index contributed by atoms with van der Waals surface area (Å²) in [5, 5.41) is 4.49. The summed E-state index contributed by atoms with van der Waals surface area (Å²) in [5.41, 5.74) is 0. The van der Waals surface area contributed by atoms with Crippen molar-refractivity contribution < 1.29 is 9.26 Å². The third-order valence-corrected chi connectivity index (χ3v) is 2.39. The first-order chi connectivity index (χ1) is 8.15. The molecular weight excluding hydrogens is 240 g/mol. The van der Waals surface area contributed by atoms with Crippen molar-refractivity contribution in [2.45, 2.75) is 26.4 Å². The number of benzene rings is 1. The lowest BCUT2D eigenvalue weighted by molar-refractivity contribution is 0.242. The van der Waals surface area contributed by atoms with Crippen molar-refractivity contribution in [2.75, 3.05) is 0 Å². The second-order valence-corrected chi connectivity index (χ2v) is 4.38. The number of nitrogens with zero attached hydrogens (tertiary/aromatic N) is 2. The fraction of sp³-hybridized carbons (Fsp3) is 0.333. The smallest absolute Gasteiger partial charge is 0.264 e. The molecule has 0 radical (unpaired) electrons. The van der Waals surface area contributed by atoms with Crippen LogP contribution in [0.4, 0.5) is 0 Å². The van der Waals surface area contributed by atoms with Crippen LogP contribution in [0.3, 0.4) is 0 Å². The van der Waals surface area contributed by atoms with Crippen molar-refractivity contribution in [3.8, 4) is 5.75 Å². The average molecular weight is 253 g/mol. The first-order valence-corrected chi connectivity index (χ1v) is 5.74. The SMILES string of the molecule is CC(C)c1noc(COc2cccc(Cl)c2)n1. The fourth-order valence-electron chi connectivity index (χ4n) is 1.26. The molecule has 0 N–H and O–H groups in total. The van der Waals surface area contributed by atoms with Crippen LogP contribution in [0, 0.1) is 0 Å². The Hall–Kier alpha value is -1.55. The van der Waals surface area contributed by atoms with E-state index in [2.05, 4.69) is 10.1 Å². The molecule has 5 heteroatoms. The summed E-state index contributed by atoms with van der Waals surface area (Å²) in [7, 11) is 0.